The van der Waals surface area contributed by atoms with Crippen molar-refractivity contribution >= 4 is 16.8 Å². The van der Waals surface area contributed by atoms with Crippen LogP contribution >= 0.6 is 0 Å². The summed E-state index contributed by atoms with van der Waals surface area (Å²) in [6.07, 6.45) is 1.81. The zero-order valence-corrected chi connectivity index (χ0v) is 9.97. The Bertz CT molecular complexity index is 578. The van der Waals surface area contributed by atoms with Gasteiger partial charge in [0.2, 0.25) is 0 Å². The number of amides is 1. The van der Waals surface area contributed by atoms with Crippen molar-refractivity contribution in [1.29, 1.82) is 0 Å². The van der Waals surface area contributed by atoms with Crippen molar-refractivity contribution in [3.63, 3.8) is 0 Å². The van der Waals surface area contributed by atoms with Crippen molar-refractivity contribution in [3.05, 3.63) is 30.0 Å². The molecule has 0 radical (unpaired) electrons. The Labute approximate surface area is 104 Å². The number of H-pyrrole nitrogens is 1. The summed E-state index contributed by atoms with van der Waals surface area (Å²) < 4.78 is 0. The van der Waals surface area contributed by atoms with E-state index >= 15 is 0 Å². The Morgan fingerprint density at radius 1 is 1.50 bits per heavy atom. The molecule has 0 saturated carbocycles. The molecule has 18 heavy (non-hydrogen) atoms. The average Bonchev–Trinajstić information content (AvgIpc) is 3.04. The molecule has 94 valence electrons. The molecule has 0 unspecified atom stereocenters. The van der Waals surface area contributed by atoms with Gasteiger partial charge in [0.15, 0.2) is 5.69 Å². The molecule has 0 spiro atoms. The Balaban J connectivity index is 1.97. The molecular formula is C13H15N3O2. The number of hydrogen-bond donors (Lipinski definition) is 2. The minimum Gasteiger partial charge on any atom is -0.394 e. The van der Waals surface area contributed by atoms with E-state index in [-0.39, 0.29) is 18.6 Å². The zero-order chi connectivity index (χ0) is 12.5. The molecule has 3 rings (SSSR count). The third-order valence-electron chi connectivity index (χ3n) is 3.52. The lowest BCUT2D eigenvalue weighted by Crippen LogP contribution is -2.37. The average molecular weight is 245 g/mol. The number of para-hydroxylation sites is 1. The quantitative estimate of drug-likeness (QED) is 0.834. The lowest BCUT2D eigenvalue weighted by atomic mass is 10.2. The Morgan fingerprint density at radius 3 is 3.17 bits per heavy atom. The maximum Gasteiger partial charge on any atom is 0.275 e. The summed E-state index contributed by atoms with van der Waals surface area (Å²) in [4.78, 5) is 14.1. The topological polar surface area (TPSA) is 69.2 Å². The summed E-state index contributed by atoms with van der Waals surface area (Å²) in [5.74, 6) is -0.0935. The fourth-order valence-electron chi connectivity index (χ4n) is 2.56. The van der Waals surface area contributed by atoms with Gasteiger partial charge < -0.3 is 10.0 Å². The molecule has 0 aliphatic carbocycles. The number of aliphatic hydroxyl groups excluding tert-OH is 1. The number of likely N-dealkylation sites (tertiary alicyclic amines) is 1. The van der Waals surface area contributed by atoms with Crippen LogP contribution in [0.1, 0.15) is 23.3 Å². The van der Waals surface area contributed by atoms with Crippen LogP contribution in [-0.2, 0) is 0 Å². The molecule has 2 heterocycles. The first-order valence-corrected chi connectivity index (χ1v) is 6.16. The SMILES string of the molecule is O=C(c1n[nH]c2ccccc12)N1CCC[C@H]1CO. The van der Waals surface area contributed by atoms with E-state index in [0.717, 1.165) is 23.7 Å². The second-order valence-electron chi connectivity index (χ2n) is 4.59. The highest BCUT2D eigenvalue weighted by molar-refractivity contribution is 6.04. The minimum atomic E-state index is -0.0935. The number of aromatic nitrogens is 2. The molecule has 1 aliphatic heterocycles. The normalized spacial score (nSPS) is 19.6. The lowest BCUT2D eigenvalue weighted by molar-refractivity contribution is 0.0673. The van der Waals surface area contributed by atoms with Crippen LogP contribution in [0.15, 0.2) is 24.3 Å². The Kier molecular flexibility index (Phi) is 2.76. The van der Waals surface area contributed by atoms with Crippen LogP contribution in [0.3, 0.4) is 0 Å². The van der Waals surface area contributed by atoms with Gasteiger partial charge in [0, 0.05) is 11.9 Å². The molecule has 1 aromatic carbocycles. The number of fused-ring (bicyclic) bond motifs is 1. The summed E-state index contributed by atoms with van der Waals surface area (Å²) in [5, 5.41) is 17.1. The number of aromatic amines is 1. The maximum atomic E-state index is 12.4. The molecular weight excluding hydrogens is 230 g/mol. The molecule has 1 amide bonds. The van der Waals surface area contributed by atoms with Crippen LogP contribution in [0.2, 0.25) is 0 Å². The highest BCUT2D eigenvalue weighted by Gasteiger charge is 2.30. The summed E-state index contributed by atoms with van der Waals surface area (Å²) in [5.41, 5.74) is 1.31. The van der Waals surface area contributed by atoms with E-state index in [0.29, 0.717) is 12.2 Å². The van der Waals surface area contributed by atoms with Gasteiger partial charge in [-0.2, -0.15) is 5.10 Å². The number of hydrogen-bond acceptors (Lipinski definition) is 3. The van der Waals surface area contributed by atoms with Crippen molar-refractivity contribution in [1.82, 2.24) is 15.1 Å². The lowest BCUT2D eigenvalue weighted by Gasteiger charge is -2.21. The third-order valence-corrected chi connectivity index (χ3v) is 3.52. The van der Waals surface area contributed by atoms with E-state index in [2.05, 4.69) is 10.2 Å². The zero-order valence-electron chi connectivity index (χ0n) is 9.97. The number of carbonyl (C=O) groups excluding carboxylic acids is 1. The van der Waals surface area contributed by atoms with E-state index < -0.39 is 0 Å². The van der Waals surface area contributed by atoms with Gasteiger partial charge in [-0.3, -0.25) is 9.89 Å². The first kappa shape index (κ1) is 11.2. The second-order valence-corrected chi connectivity index (χ2v) is 4.59. The van der Waals surface area contributed by atoms with E-state index in [1.165, 1.54) is 0 Å². The standard InChI is InChI=1S/C13H15N3O2/c17-8-9-4-3-7-16(9)13(18)12-10-5-1-2-6-11(10)14-15-12/h1-2,5-6,9,17H,3-4,7-8H2,(H,14,15)/t9-/m0/s1. The smallest absolute Gasteiger partial charge is 0.275 e. The number of nitrogens with one attached hydrogen (secondary N) is 1. The first-order valence-electron chi connectivity index (χ1n) is 6.16. The molecule has 0 bridgehead atoms. The van der Waals surface area contributed by atoms with Crippen LogP contribution in [0, 0.1) is 0 Å². The van der Waals surface area contributed by atoms with Gasteiger partial charge in [-0.15, -0.1) is 0 Å². The number of benzene rings is 1. The number of aliphatic hydroxyl groups is 1. The summed E-state index contributed by atoms with van der Waals surface area (Å²) in [6, 6.07) is 7.51. The molecule has 2 N–H and O–H groups in total. The fraction of sp³-hybridized carbons (Fsp3) is 0.385. The maximum absolute atomic E-state index is 12.4. The van der Waals surface area contributed by atoms with E-state index in [1.54, 1.807) is 4.90 Å². The van der Waals surface area contributed by atoms with Crippen molar-refractivity contribution in [2.24, 2.45) is 0 Å². The van der Waals surface area contributed by atoms with Gasteiger partial charge in [-0.25, -0.2) is 0 Å². The van der Waals surface area contributed by atoms with Gasteiger partial charge in [0.05, 0.1) is 18.2 Å². The summed E-state index contributed by atoms with van der Waals surface area (Å²) in [6.45, 7) is 0.722. The van der Waals surface area contributed by atoms with Crippen molar-refractivity contribution in [3.8, 4) is 0 Å². The molecule has 2 aromatic rings. The van der Waals surface area contributed by atoms with Crippen LogP contribution in [0.25, 0.3) is 10.9 Å². The molecule has 5 heteroatoms. The highest BCUT2D eigenvalue weighted by Crippen LogP contribution is 2.22. The fourth-order valence-corrected chi connectivity index (χ4v) is 2.56. The van der Waals surface area contributed by atoms with Crippen molar-refractivity contribution in [2.45, 2.75) is 18.9 Å². The predicted octanol–water partition coefficient (Wildman–Crippen LogP) is 1.16. The molecule has 1 aliphatic rings. The van der Waals surface area contributed by atoms with E-state index in [9.17, 15) is 9.90 Å². The van der Waals surface area contributed by atoms with Crippen LogP contribution in [-0.4, -0.2) is 45.3 Å². The second kappa shape index (κ2) is 4.42. The van der Waals surface area contributed by atoms with E-state index in [1.807, 2.05) is 24.3 Å². The van der Waals surface area contributed by atoms with Gasteiger partial charge in [0.25, 0.3) is 5.91 Å². The Hall–Kier alpha value is -1.88. The number of rotatable bonds is 2. The van der Waals surface area contributed by atoms with Gasteiger partial charge in [0.1, 0.15) is 0 Å². The third kappa shape index (κ3) is 1.67. The molecule has 1 atom stereocenters. The van der Waals surface area contributed by atoms with Crippen molar-refractivity contribution in [2.75, 3.05) is 13.2 Å². The largest absolute Gasteiger partial charge is 0.394 e. The summed E-state index contributed by atoms with van der Waals surface area (Å²) >= 11 is 0. The van der Waals surface area contributed by atoms with Crippen LogP contribution in [0.4, 0.5) is 0 Å². The van der Waals surface area contributed by atoms with Gasteiger partial charge in [-0.05, 0) is 18.9 Å². The van der Waals surface area contributed by atoms with Crippen molar-refractivity contribution < 1.29 is 9.90 Å². The van der Waals surface area contributed by atoms with E-state index in [4.69, 9.17) is 0 Å². The molecule has 5 nitrogen and oxygen atoms in total. The van der Waals surface area contributed by atoms with Crippen LogP contribution < -0.4 is 0 Å². The first-order chi connectivity index (χ1) is 8.81. The Morgan fingerprint density at radius 2 is 2.33 bits per heavy atom. The number of carbonyl (C=O) groups is 1. The molecule has 1 saturated heterocycles. The minimum absolute atomic E-state index is 0.0219. The summed E-state index contributed by atoms with van der Waals surface area (Å²) in [7, 11) is 0. The van der Waals surface area contributed by atoms with Gasteiger partial charge >= 0.3 is 0 Å². The highest BCUT2D eigenvalue weighted by atomic mass is 16.3. The monoisotopic (exact) mass is 245 g/mol. The van der Waals surface area contributed by atoms with Crippen LogP contribution in [0.5, 0.6) is 0 Å². The molecule has 1 fully saturated rings. The number of nitrogens with zero attached hydrogens (tertiary/aromatic N) is 2. The van der Waals surface area contributed by atoms with Gasteiger partial charge in [-0.1, -0.05) is 18.2 Å². The molecule has 1 aromatic heterocycles. The predicted molar refractivity (Wildman–Crippen MR) is 67.2 cm³/mol.